The van der Waals surface area contributed by atoms with Crippen LogP contribution in [0.2, 0.25) is 0 Å². The number of piperazine rings is 1. The van der Waals surface area contributed by atoms with E-state index in [4.69, 9.17) is 20.9 Å². The number of allylic oxidation sites excluding steroid dienone is 2. The Hall–Kier alpha value is -7.75. The lowest BCUT2D eigenvalue weighted by molar-refractivity contribution is 0.0978. The van der Waals surface area contributed by atoms with Crippen LogP contribution >= 0.6 is 0 Å². The fraction of sp³-hybridized carbons (Fsp3) is 0.372. The van der Waals surface area contributed by atoms with Crippen LogP contribution in [0.15, 0.2) is 58.5 Å². The summed E-state index contributed by atoms with van der Waals surface area (Å²) in [5.41, 5.74) is 15.9. The standard InChI is InChI=1S/C43H52N14O8/c1-6-56-31(19-25(3)50-56)39(60)48-41-46-29-21-27(37(44)58)23-33(64-5)35(29)54(41)12-8-9-13-55-36-30(47-42(55)49-40(61)32-20-26(4)51-57(32)7-2)22-28(38(45)59)24-34(36)65-18-10-11-52-14-16-53(17-15-52)43(62)63/h8-9,19-24H,6-7,10-18H2,1-5H3,(H2,44,58)(H2,45,59)(H,62,63)(H,46,48,60)(H,47,49,61)/b9-8+. The second-order valence-electron chi connectivity index (χ2n) is 15.4. The van der Waals surface area contributed by atoms with E-state index in [0.29, 0.717) is 103 Å². The molecule has 0 bridgehead atoms. The van der Waals surface area contributed by atoms with E-state index in [9.17, 15) is 29.1 Å². The molecular weight excluding hydrogens is 841 g/mol. The molecule has 7 rings (SSSR count). The number of primary amides is 2. The number of fused-ring (bicyclic) bond motifs is 2. The Morgan fingerprint density at radius 2 is 1.22 bits per heavy atom. The van der Waals surface area contributed by atoms with Crippen LogP contribution in [-0.4, -0.2) is 130 Å². The Kier molecular flexibility index (Phi) is 13.5. The number of nitrogens with zero attached hydrogens (tertiary/aromatic N) is 10. The number of nitrogens with two attached hydrogens (primary N) is 2. The zero-order valence-electron chi connectivity index (χ0n) is 36.8. The van der Waals surface area contributed by atoms with Crippen molar-refractivity contribution in [3.63, 3.8) is 0 Å². The number of rotatable bonds is 16. The van der Waals surface area contributed by atoms with Crippen LogP contribution in [0.5, 0.6) is 11.5 Å². The number of carbonyl (C=O) groups is 5. The van der Waals surface area contributed by atoms with E-state index in [0.717, 1.165) is 0 Å². The molecule has 1 aliphatic heterocycles. The second-order valence-corrected chi connectivity index (χ2v) is 15.4. The number of amides is 5. The van der Waals surface area contributed by atoms with Crippen molar-refractivity contribution >= 4 is 51.8 Å². The molecule has 0 radical (unpaired) electrons. The molecule has 65 heavy (non-hydrogen) atoms. The summed E-state index contributed by atoms with van der Waals surface area (Å²) in [6, 6.07) is 9.52. The molecule has 6 aromatic rings. The molecule has 0 saturated carbocycles. The minimum atomic E-state index is -0.934. The fourth-order valence-electron chi connectivity index (χ4n) is 7.85. The molecule has 7 N–H and O–H groups in total. The Morgan fingerprint density at radius 3 is 1.66 bits per heavy atom. The smallest absolute Gasteiger partial charge is 0.407 e. The van der Waals surface area contributed by atoms with Crippen LogP contribution in [0.25, 0.3) is 22.1 Å². The van der Waals surface area contributed by atoms with E-state index < -0.39 is 29.7 Å². The first-order valence-corrected chi connectivity index (χ1v) is 21.1. The highest BCUT2D eigenvalue weighted by Crippen LogP contribution is 2.28. The highest BCUT2D eigenvalue weighted by atomic mass is 16.5. The number of ether oxygens (including phenoxy) is 2. The van der Waals surface area contributed by atoms with Crippen molar-refractivity contribution in [2.75, 3.05) is 46.4 Å². The molecule has 1 aliphatic rings. The largest absolute Gasteiger partial charge is 0.494 e. The minimum absolute atomic E-state index is 0.130. The molecule has 5 heterocycles. The predicted molar refractivity (Wildman–Crippen MR) is 237 cm³/mol. The number of aromatic nitrogens is 8. The van der Waals surface area contributed by atoms with E-state index in [-0.39, 0.29) is 47.8 Å². The Balaban J connectivity index is 1.27. The number of hydrogen-bond donors (Lipinski definition) is 5. The first-order valence-electron chi connectivity index (χ1n) is 21.1. The number of H-pyrrole nitrogens is 2. The van der Waals surface area contributed by atoms with E-state index >= 15 is 0 Å². The third kappa shape index (κ3) is 9.76. The van der Waals surface area contributed by atoms with Gasteiger partial charge in [0.05, 0.1) is 36.1 Å². The molecule has 0 spiro atoms. The number of carboxylic acid groups (broad SMARTS) is 1. The molecule has 1 saturated heterocycles. The summed E-state index contributed by atoms with van der Waals surface area (Å²) in [7, 11) is 1.46. The lowest BCUT2D eigenvalue weighted by Crippen LogP contribution is -2.48. The summed E-state index contributed by atoms with van der Waals surface area (Å²) >= 11 is 0. The Labute approximate surface area is 371 Å². The van der Waals surface area contributed by atoms with E-state index in [1.54, 1.807) is 62.7 Å². The van der Waals surface area contributed by atoms with Gasteiger partial charge in [-0.25, -0.2) is 4.79 Å². The maximum absolute atomic E-state index is 13.8. The van der Waals surface area contributed by atoms with E-state index in [1.807, 2.05) is 26.0 Å². The summed E-state index contributed by atoms with van der Waals surface area (Å²) in [6.07, 6.45) is 3.32. The average Bonchev–Trinajstić information content (AvgIpc) is 4.05. The van der Waals surface area contributed by atoms with Crippen molar-refractivity contribution in [1.29, 1.82) is 0 Å². The summed E-state index contributed by atoms with van der Waals surface area (Å²) in [4.78, 5) is 82.6. The van der Waals surface area contributed by atoms with Crippen LogP contribution in [-0.2, 0) is 26.2 Å². The van der Waals surface area contributed by atoms with Gasteiger partial charge in [-0.05, 0) is 70.5 Å². The lowest BCUT2D eigenvalue weighted by atomic mass is 10.1. The number of benzene rings is 2. The lowest BCUT2D eigenvalue weighted by Gasteiger charge is -2.32. The summed E-state index contributed by atoms with van der Waals surface area (Å²) < 4.78 is 18.7. The maximum atomic E-state index is 13.8. The van der Waals surface area contributed by atoms with Gasteiger partial charge in [-0.3, -0.25) is 33.4 Å². The first kappa shape index (κ1) is 45.3. The molecule has 22 heteroatoms. The van der Waals surface area contributed by atoms with Gasteiger partial charge in [0.25, 0.3) is 11.8 Å². The molecule has 4 aromatic heterocycles. The van der Waals surface area contributed by atoms with Gasteiger partial charge in [0.1, 0.15) is 33.9 Å². The predicted octanol–water partition coefficient (Wildman–Crippen LogP) is 2.31. The van der Waals surface area contributed by atoms with Gasteiger partial charge in [0, 0.05) is 70.0 Å². The van der Waals surface area contributed by atoms with Gasteiger partial charge >= 0.3 is 6.09 Å². The van der Waals surface area contributed by atoms with E-state index in [2.05, 4.69) is 35.1 Å². The zero-order valence-corrected chi connectivity index (χ0v) is 36.8. The summed E-state index contributed by atoms with van der Waals surface area (Å²) in [5.74, 6) is -1.82. The van der Waals surface area contributed by atoms with Crippen LogP contribution in [0, 0.1) is 13.8 Å². The van der Waals surface area contributed by atoms with Crippen LogP contribution in [0.4, 0.5) is 4.79 Å². The number of imidazole rings is 2. The Bertz CT molecular complexity index is 2990. The third-order valence-corrected chi connectivity index (χ3v) is 11.0. The molecule has 0 aliphatic carbocycles. The molecule has 342 valence electrons. The quantitative estimate of drug-likeness (QED) is 0.0694. The second kappa shape index (κ2) is 19.3. The minimum Gasteiger partial charge on any atom is -0.494 e. The van der Waals surface area contributed by atoms with Crippen molar-refractivity contribution in [1.82, 2.24) is 48.5 Å². The first-order chi connectivity index (χ1) is 31.2. The molecule has 5 amide bonds. The zero-order chi connectivity index (χ0) is 46.5. The number of aromatic amines is 2. The SMILES string of the molecule is CCn1nc(C)cc1C(=O)/N=c1\[nH]c2cc(C(N)=O)cc(OC)c2n1C/C=C/Cn1/c(=N/C(=O)c2cc(C)nn2CC)[nH]c2cc(C(N)=O)cc(OCCCN3CCN(C(=O)O)CC3)c21. The fourth-order valence-corrected chi connectivity index (χ4v) is 7.85. The van der Waals surface area contributed by atoms with Crippen LogP contribution in [0.1, 0.15) is 73.3 Å². The van der Waals surface area contributed by atoms with Crippen molar-refractivity contribution in [2.45, 2.75) is 60.3 Å². The highest BCUT2D eigenvalue weighted by molar-refractivity contribution is 5.99. The monoisotopic (exact) mass is 892 g/mol. The molecule has 0 unspecified atom stereocenters. The van der Waals surface area contributed by atoms with Crippen molar-refractivity contribution in [3.05, 3.63) is 93.7 Å². The van der Waals surface area contributed by atoms with Gasteiger partial charge in [-0.1, -0.05) is 12.2 Å². The van der Waals surface area contributed by atoms with Gasteiger partial charge in [0.15, 0.2) is 0 Å². The highest BCUT2D eigenvalue weighted by Gasteiger charge is 2.22. The Morgan fingerprint density at radius 1 is 0.738 bits per heavy atom. The van der Waals surface area contributed by atoms with Gasteiger partial charge in [-0.15, -0.1) is 0 Å². The molecule has 2 aromatic carbocycles. The van der Waals surface area contributed by atoms with Crippen LogP contribution in [0.3, 0.4) is 0 Å². The molecule has 0 atom stereocenters. The summed E-state index contributed by atoms with van der Waals surface area (Å²) in [5, 5.41) is 18.1. The van der Waals surface area contributed by atoms with Gasteiger partial charge < -0.3 is 50.0 Å². The third-order valence-electron chi connectivity index (χ3n) is 11.0. The normalized spacial score (nSPS) is 14.0. The van der Waals surface area contributed by atoms with Crippen molar-refractivity contribution < 1.29 is 38.6 Å². The molecular formula is C43H52N14O8. The van der Waals surface area contributed by atoms with E-state index in [1.165, 1.54) is 18.1 Å². The topological polar surface area (TPSA) is 284 Å². The molecule has 1 fully saturated rings. The number of methoxy groups -OCH3 is 1. The number of carbonyl (C=O) groups excluding carboxylic acids is 4. The maximum Gasteiger partial charge on any atom is 0.407 e. The number of nitrogens with one attached hydrogen (secondary N) is 2. The van der Waals surface area contributed by atoms with Gasteiger partial charge in [-0.2, -0.15) is 20.2 Å². The van der Waals surface area contributed by atoms with Crippen molar-refractivity contribution in [3.8, 4) is 11.5 Å². The molecule has 22 nitrogen and oxygen atoms in total. The van der Waals surface area contributed by atoms with Crippen molar-refractivity contribution in [2.24, 2.45) is 21.5 Å². The van der Waals surface area contributed by atoms with Crippen LogP contribution < -0.4 is 32.2 Å². The van der Waals surface area contributed by atoms with Gasteiger partial charge in [0.2, 0.25) is 23.1 Å². The number of hydrogen-bond acceptors (Lipinski definition) is 10. The summed E-state index contributed by atoms with van der Waals surface area (Å²) in [6.45, 7) is 11.4. The average molecular weight is 893 g/mol. The number of aryl methyl sites for hydroxylation is 4.